The highest BCUT2D eigenvalue weighted by Crippen LogP contribution is 2.31. The van der Waals surface area contributed by atoms with Crippen molar-refractivity contribution in [2.24, 2.45) is 0 Å². The van der Waals surface area contributed by atoms with Crippen LogP contribution in [0.3, 0.4) is 0 Å². The van der Waals surface area contributed by atoms with E-state index in [9.17, 15) is 27.9 Å². The van der Waals surface area contributed by atoms with Gasteiger partial charge in [-0.3, -0.25) is 9.59 Å². The Morgan fingerprint density at radius 2 is 1.81 bits per heavy atom. The molecule has 1 heterocycles. The van der Waals surface area contributed by atoms with E-state index in [-0.39, 0.29) is 16.9 Å². The van der Waals surface area contributed by atoms with E-state index in [2.05, 4.69) is 10.6 Å². The third kappa shape index (κ3) is 5.74. The quantitative estimate of drug-likeness (QED) is 0.646. The number of nitrogens with zero attached hydrogens (tertiary/aromatic N) is 1. The molecule has 0 aromatic heterocycles. The minimum Gasteiger partial charge on any atom is -0.394 e. The van der Waals surface area contributed by atoms with Crippen LogP contribution in [-0.2, 0) is 15.7 Å². The maximum atomic E-state index is 13.0. The molecule has 0 aliphatic carbocycles. The Morgan fingerprint density at radius 3 is 2.48 bits per heavy atom. The van der Waals surface area contributed by atoms with Crippen molar-refractivity contribution in [1.29, 1.82) is 0 Å². The van der Waals surface area contributed by atoms with E-state index >= 15 is 0 Å². The molecule has 2 aromatic carbocycles. The number of hydrogen-bond acceptors (Lipinski definition) is 5. The smallest absolute Gasteiger partial charge is 0.394 e. The van der Waals surface area contributed by atoms with E-state index in [1.54, 1.807) is 12.1 Å². The number of anilines is 2. The normalized spacial score (nSPS) is 15.3. The monoisotopic (exact) mass is 437 g/mol. The molecule has 3 N–H and O–H groups in total. The third-order valence-electron chi connectivity index (χ3n) is 4.75. The molecule has 10 heteroatoms. The molecule has 2 aromatic rings. The van der Waals surface area contributed by atoms with Gasteiger partial charge in [0.05, 0.1) is 36.6 Å². The molecule has 0 bridgehead atoms. The molecule has 3 rings (SSSR count). The molecule has 1 aliphatic rings. The Balaban J connectivity index is 1.76. The van der Waals surface area contributed by atoms with Crippen LogP contribution in [0.15, 0.2) is 48.5 Å². The molecule has 31 heavy (non-hydrogen) atoms. The molecule has 1 atom stereocenters. The lowest BCUT2D eigenvalue weighted by Gasteiger charge is -2.30. The lowest BCUT2D eigenvalue weighted by molar-refractivity contribution is -0.138. The lowest BCUT2D eigenvalue weighted by atomic mass is 10.1. The molecule has 1 aliphatic heterocycles. The van der Waals surface area contributed by atoms with Crippen molar-refractivity contribution in [2.75, 3.05) is 38.2 Å². The molecule has 7 nitrogen and oxygen atoms in total. The summed E-state index contributed by atoms with van der Waals surface area (Å²) in [5.41, 5.74) is -0.294. The number of benzene rings is 2. The zero-order valence-electron chi connectivity index (χ0n) is 16.5. The second-order valence-electron chi connectivity index (χ2n) is 6.90. The van der Waals surface area contributed by atoms with Gasteiger partial charge in [-0.1, -0.05) is 18.2 Å². The second kappa shape index (κ2) is 9.80. The summed E-state index contributed by atoms with van der Waals surface area (Å²) in [5, 5.41) is 14.9. The van der Waals surface area contributed by atoms with Gasteiger partial charge < -0.3 is 25.4 Å². The number of carbonyl (C=O) groups is 2. The number of morpholine rings is 1. The van der Waals surface area contributed by atoms with Crippen LogP contribution in [-0.4, -0.2) is 60.8 Å². The number of alkyl halides is 3. The van der Waals surface area contributed by atoms with E-state index in [4.69, 9.17) is 4.74 Å². The highest BCUT2D eigenvalue weighted by atomic mass is 19.4. The summed E-state index contributed by atoms with van der Waals surface area (Å²) in [7, 11) is 0. The highest BCUT2D eigenvalue weighted by molar-refractivity contribution is 6.02. The summed E-state index contributed by atoms with van der Waals surface area (Å²) in [6, 6.07) is 9.66. The van der Waals surface area contributed by atoms with E-state index in [0.29, 0.717) is 26.3 Å². The number of aliphatic hydroxyl groups excluding tert-OH is 1. The van der Waals surface area contributed by atoms with Crippen molar-refractivity contribution in [1.82, 2.24) is 10.2 Å². The van der Waals surface area contributed by atoms with Gasteiger partial charge in [-0.25, -0.2) is 0 Å². The Kier molecular flexibility index (Phi) is 7.13. The van der Waals surface area contributed by atoms with Gasteiger partial charge in [0, 0.05) is 18.8 Å². The van der Waals surface area contributed by atoms with Gasteiger partial charge in [0.25, 0.3) is 5.91 Å². The Bertz CT molecular complexity index is 930. The first-order valence-corrected chi connectivity index (χ1v) is 9.61. The van der Waals surface area contributed by atoms with Crippen molar-refractivity contribution in [2.45, 2.75) is 12.2 Å². The summed E-state index contributed by atoms with van der Waals surface area (Å²) >= 11 is 0. The van der Waals surface area contributed by atoms with Crippen molar-refractivity contribution >= 4 is 23.2 Å². The fourth-order valence-electron chi connectivity index (χ4n) is 3.14. The molecule has 0 spiro atoms. The summed E-state index contributed by atoms with van der Waals surface area (Å²) < 4.78 is 44.1. The number of aliphatic hydroxyl groups is 1. The summed E-state index contributed by atoms with van der Waals surface area (Å²) in [6.45, 7) is 0.881. The number of rotatable bonds is 6. The summed E-state index contributed by atoms with van der Waals surface area (Å²) in [5.74, 6) is -1.07. The van der Waals surface area contributed by atoms with Crippen LogP contribution in [0.1, 0.15) is 15.9 Å². The number of hydrogen-bond donors (Lipinski definition) is 3. The summed E-state index contributed by atoms with van der Waals surface area (Å²) in [6.07, 6.45) is -4.50. The molecule has 1 saturated heterocycles. The van der Waals surface area contributed by atoms with Gasteiger partial charge in [-0.2, -0.15) is 13.2 Å². The zero-order chi connectivity index (χ0) is 22.4. The standard InChI is InChI=1S/C21H22F3N3O4/c22-21(23,24)14-4-3-5-15(12-14)25-17-7-2-1-6-16(17)19(29)26-18(13-28)20(30)27-8-10-31-11-9-27/h1-7,12,18,25,28H,8-11,13H2,(H,26,29). The SMILES string of the molecule is O=C(NC(CO)C(=O)N1CCOCC1)c1ccccc1Nc1cccc(C(F)(F)F)c1. The minimum atomic E-state index is -4.50. The number of halogens is 3. The van der Waals surface area contributed by atoms with Crippen LogP contribution < -0.4 is 10.6 Å². The van der Waals surface area contributed by atoms with Crippen LogP contribution in [0.25, 0.3) is 0 Å². The molecule has 0 saturated carbocycles. The van der Waals surface area contributed by atoms with Gasteiger partial charge in [0.1, 0.15) is 6.04 Å². The van der Waals surface area contributed by atoms with Crippen LogP contribution in [0, 0.1) is 0 Å². The largest absolute Gasteiger partial charge is 0.416 e. The maximum absolute atomic E-state index is 13.0. The first-order valence-electron chi connectivity index (χ1n) is 9.61. The lowest BCUT2D eigenvalue weighted by Crippen LogP contribution is -2.53. The molecular formula is C21H22F3N3O4. The second-order valence-corrected chi connectivity index (χ2v) is 6.90. The van der Waals surface area contributed by atoms with E-state index in [1.165, 1.54) is 29.2 Å². The predicted molar refractivity (Wildman–Crippen MR) is 107 cm³/mol. The fourth-order valence-corrected chi connectivity index (χ4v) is 3.14. The predicted octanol–water partition coefficient (Wildman–Crippen LogP) is 2.40. The Labute approximate surface area is 176 Å². The van der Waals surface area contributed by atoms with Gasteiger partial charge in [0.2, 0.25) is 5.91 Å². The van der Waals surface area contributed by atoms with E-state index in [1.807, 2.05) is 0 Å². The molecular weight excluding hydrogens is 415 g/mol. The van der Waals surface area contributed by atoms with E-state index in [0.717, 1.165) is 12.1 Å². The topological polar surface area (TPSA) is 90.9 Å². The van der Waals surface area contributed by atoms with Crippen molar-refractivity contribution in [3.8, 4) is 0 Å². The first kappa shape index (κ1) is 22.6. The van der Waals surface area contributed by atoms with Crippen molar-refractivity contribution in [3.63, 3.8) is 0 Å². The van der Waals surface area contributed by atoms with Crippen molar-refractivity contribution < 1.29 is 32.6 Å². The third-order valence-corrected chi connectivity index (χ3v) is 4.75. The molecule has 2 amide bonds. The molecule has 0 radical (unpaired) electrons. The van der Waals surface area contributed by atoms with Crippen LogP contribution >= 0.6 is 0 Å². The highest BCUT2D eigenvalue weighted by Gasteiger charge is 2.31. The maximum Gasteiger partial charge on any atom is 0.416 e. The van der Waals surface area contributed by atoms with Gasteiger partial charge >= 0.3 is 6.18 Å². The van der Waals surface area contributed by atoms with Crippen LogP contribution in [0.5, 0.6) is 0 Å². The Morgan fingerprint density at radius 1 is 1.10 bits per heavy atom. The Hall–Kier alpha value is -3.11. The van der Waals surface area contributed by atoms with E-state index < -0.39 is 36.2 Å². The average Bonchev–Trinajstić information content (AvgIpc) is 2.77. The number of amides is 2. The molecule has 1 fully saturated rings. The fraction of sp³-hybridized carbons (Fsp3) is 0.333. The van der Waals surface area contributed by atoms with Crippen LogP contribution in [0.4, 0.5) is 24.5 Å². The first-order chi connectivity index (χ1) is 14.8. The molecule has 166 valence electrons. The number of carbonyl (C=O) groups excluding carboxylic acids is 2. The number of ether oxygens (including phenoxy) is 1. The summed E-state index contributed by atoms with van der Waals surface area (Å²) in [4.78, 5) is 26.9. The molecule has 1 unspecified atom stereocenters. The number of para-hydroxylation sites is 1. The van der Waals surface area contributed by atoms with Crippen molar-refractivity contribution in [3.05, 3.63) is 59.7 Å². The van der Waals surface area contributed by atoms with Gasteiger partial charge in [-0.05, 0) is 30.3 Å². The average molecular weight is 437 g/mol. The zero-order valence-corrected chi connectivity index (χ0v) is 16.5. The van der Waals surface area contributed by atoms with Gasteiger partial charge in [0.15, 0.2) is 0 Å². The number of nitrogens with one attached hydrogen (secondary N) is 2. The van der Waals surface area contributed by atoms with Crippen LogP contribution in [0.2, 0.25) is 0 Å². The minimum absolute atomic E-state index is 0.119. The van der Waals surface area contributed by atoms with Gasteiger partial charge in [-0.15, -0.1) is 0 Å².